The molecular weight excluding hydrogens is 189 g/mol. The van der Waals surface area contributed by atoms with Crippen molar-refractivity contribution in [3.63, 3.8) is 0 Å². The second kappa shape index (κ2) is 4.48. The van der Waals surface area contributed by atoms with Crippen LogP contribution in [-0.4, -0.2) is 10.3 Å². The van der Waals surface area contributed by atoms with Crippen LogP contribution in [0.5, 0.6) is 0 Å². The zero-order chi connectivity index (χ0) is 9.84. The summed E-state index contributed by atoms with van der Waals surface area (Å²) in [6, 6.07) is 6.62. The predicted octanol–water partition coefficient (Wildman–Crippen LogP) is 1.57. The first-order chi connectivity index (χ1) is 6.09. The summed E-state index contributed by atoms with van der Waals surface area (Å²) in [5.41, 5.74) is 6.62. The van der Waals surface area contributed by atoms with Crippen molar-refractivity contribution >= 4 is 11.2 Å². The minimum Gasteiger partial charge on any atom is -0.328 e. The summed E-state index contributed by atoms with van der Waals surface area (Å²) in [7, 11) is 0. The molecule has 4 heteroatoms. The van der Waals surface area contributed by atoms with Gasteiger partial charge in [-0.15, -0.1) is 3.89 Å². The predicted molar refractivity (Wildman–Crippen MR) is 51.3 cm³/mol. The second-order valence-corrected chi connectivity index (χ2v) is 3.97. The van der Waals surface area contributed by atoms with Gasteiger partial charge in [-0.05, 0) is 31.0 Å². The van der Waals surface area contributed by atoms with Gasteiger partial charge < -0.3 is 5.73 Å². The van der Waals surface area contributed by atoms with Crippen LogP contribution in [0.3, 0.4) is 0 Å². The zero-order valence-corrected chi connectivity index (χ0v) is 8.18. The van der Waals surface area contributed by atoms with Crippen LogP contribution >= 0.6 is 0 Å². The van der Waals surface area contributed by atoms with Gasteiger partial charge in [0.05, 0.1) is 4.90 Å². The van der Waals surface area contributed by atoms with Gasteiger partial charge in [-0.1, -0.05) is 12.1 Å². The number of benzene rings is 1. The fourth-order valence-corrected chi connectivity index (χ4v) is 1.45. The van der Waals surface area contributed by atoms with Gasteiger partial charge in [0.15, 0.2) is 0 Å². The fraction of sp³-hybridized carbons (Fsp3) is 0.333. The third-order valence-electron chi connectivity index (χ3n) is 1.67. The highest BCUT2D eigenvalue weighted by atomic mass is 32.2. The van der Waals surface area contributed by atoms with E-state index in [0.717, 1.165) is 12.0 Å². The molecule has 0 radical (unpaired) electrons. The van der Waals surface area contributed by atoms with Crippen molar-refractivity contribution in [3.8, 4) is 0 Å². The first-order valence-electron chi connectivity index (χ1n) is 4.02. The molecule has 0 heterocycles. The highest BCUT2D eigenvalue weighted by molar-refractivity contribution is 7.79. The molecule has 0 aromatic heterocycles. The van der Waals surface area contributed by atoms with E-state index in [1.807, 2.05) is 6.92 Å². The van der Waals surface area contributed by atoms with Crippen molar-refractivity contribution < 1.29 is 8.09 Å². The van der Waals surface area contributed by atoms with Gasteiger partial charge in [-0.3, -0.25) is 0 Å². The van der Waals surface area contributed by atoms with Gasteiger partial charge in [0.2, 0.25) is 11.2 Å². The van der Waals surface area contributed by atoms with Crippen LogP contribution in [0.25, 0.3) is 0 Å². The van der Waals surface area contributed by atoms with E-state index < -0.39 is 11.2 Å². The minimum absolute atomic E-state index is 0.0849. The Balaban J connectivity index is 2.75. The molecule has 0 saturated heterocycles. The molecule has 0 spiro atoms. The molecule has 0 amide bonds. The molecule has 0 saturated carbocycles. The molecule has 1 rings (SSSR count). The quantitative estimate of drug-likeness (QED) is 0.754. The maximum Gasteiger partial charge on any atom is 0.231 e. The number of nitrogens with two attached hydrogens (primary N) is 1. The van der Waals surface area contributed by atoms with E-state index in [0.29, 0.717) is 0 Å². The summed E-state index contributed by atoms with van der Waals surface area (Å²) in [5.74, 6) is 0. The van der Waals surface area contributed by atoms with Gasteiger partial charge in [0.25, 0.3) is 0 Å². The van der Waals surface area contributed by atoms with Crippen molar-refractivity contribution in [2.24, 2.45) is 5.73 Å². The number of rotatable bonds is 3. The summed E-state index contributed by atoms with van der Waals surface area (Å²) in [4.78, 5) is 0.202. The Kier molecular flexibility index (Phi) is 3.57. The molecule has 13 heavy (non-hydrogen) atoms. The summed E-state index contributed by atoms with van der Waals surface area (Å²) in [6.45, 7) is 1.90. The van der Waals surface area contributed by atoms with Crippen molar-refractivity contribution in [1.29, 1.82) is 0 Å². The third-order valence-corrected chi connectivity index (χ3v) is 2.31. The van der Waals surface area contributed by atoms with E-state index in [1.165, 1.54) is 12.1 Å². The van der Waals surface area contributed by atoms with Crippen LogP contribution in [0, 0.1) is 0 Å². The van der Waals surface area contributed by atoms with Gasteiger partial charge in [0, 0.05) is 6.04 Å². The maximum absolute atomic E-state index is 12.3. The van der Waals surface area contributed by atoms with E-state index in [-0.39, 0.29) is 10.9 Å². The molecule has 0 bridgehead atoms. The smallest absolute Gasteiger partial charge is 0.231 e. The Hall–Kier alpha value is -0.740. The number of hydrogen-bond acceptors (Lipinski definition) is 2. The average molecular weight is 201 g/mol. The lowest BCUT2D eigenvalue weighted by Gasteiger charge is -2.04. The normalized spacial score (nSPS) is 15.3. The Morgan fingerprint density at radius 2 is 2.00 bits per heavy atom. The maximum atomic E-state index is 12.3. The van der Waals surface area contributed by atoms with Crippen LogP contribution in [0.2, 0.25) is 0 Å². The zero-order valence-electron chi connectivity index (χ0n) is 7.37. The van der Waals surface area contributed by atoms with Crippen molar-refractivity contribution in [3.05, 3.63) is 29.8 Å². The van der Waals surface area contributed by atoms with E-state index in [2.05, 4.69) is 0 Å². The van der Waals surface area contributed by atoms with Gasteiger partial charge in [-0.25, -0.2) is 4.21 Å². The Bertz CT molecular complexity index is 297. The molecule has 2 N–H and O–H groups in total. The SMILES string of the molecule is CC(N)Cc1ccc(S(=O)F)cc1. The van der Waals surface area contributed by atoms with Gasteiger partial charge >= 0.3 is 0 Å². The monoisotopic (exact) mass is 201 g/mol. The average Bonchev–Trinajstić information content (AvgIpc) is 2.04. The molecule has 0 fully saturated rings. The third kappa shape index (κ3) is 3.24. The van der Waals surface area contributed by atoms with Crippen LogP contribution in [-0.2, 0) is 17.6 Å². The molecule has 2 atom stereocenters. The van der Waals surface area contributed by atoms with Gasteiger partial charge in [0.1, 0.15) is 0 Å². The molecule has 72 valence electrons. The number of halogens is 1. The first-order valence-corrected chi connectivity index (χ1v) is 5.07. The van der Waals surface area contributed by atoms with Crippen LogP contribution in [0.15, 0.2) is 29.2 Å². The Morgan fingerprint density at radius 1 is 1.46 bits per heavy atom. The molecule has 0 aliphatic heterocycles. The summed E-state index contributed by atoms with van der Waals surface area (Å²) < 4.78 is 22.7. The van der Waals surface area contributed by atoms with E-state index in [1.54, 1.807) is 12.1 Å². The standard InChI is InChI=1S/C9H12FNOS/c1-7(11)6-8-2-4-9(5-3-8)13(10)12/h2-5,7H,6,11H2,1H3. The van der Waals surface area contributed by atoms with E-state index in [9.17, 15) is 8.09 Å². The van der Waals surface area contributed by atoms with Crippen molar-refractivity contribution in [1.82, 2.24) is 0 Å². The largest absolute Gasteiger partial charge is 0.328 e. The van der Waals surface area contributed by atoms with E-state index >= 15 is 0 Å². The van der Waals surface area contributed by atoms with Crippen molar-refractivity contribution in [2.45, 2.75) is 24.3 Å². The van der Waals surface area contributed by atoms with Crippen LogP contribution < -0.4 is 5.73 Å². The molecule has 1 aromatic rings. The van der Waals surface area contributed by atoms with Crippen molar-refractivity contribution in [2.75, 3.05) is 0 Å². The Morgan fingerprint density at radius 3 is 2.38 bits per heavy atom. The highest BCUT2D eigenvalue weighted by Crippen LogP contribution is 2.10. The summed E-state index contributed by atoms with van der Waals surface area (Å²) in [6.07, 6.45) is 0.749. The van der Waals surface area contributed by atoms with Crippen LogP contribution in [0.1, 0.15) is 12.5 Å². The minimum atomic E-state index is -2.38. The van der Waals surface area contributed by atoms with Crippen LogP contribution in [0.4, 0.5) is 3.89 Å². The molecule has 2 nitrogen and oxygen atoms in total. The highest BCUT2D eigenvalue weighted by Gasteiger charge is 2.02. The lowest BCUT2D eigenvalue weighted by atomic mass is 10.1. The lowest BCUT2D eigenvalue weighted by molar-refractivity contribution is 0.649. The molecule has 2 unspecified atom stereocenters. The first kappa shape index (κ1) is 10.3. The molecule has 1 aromatic carbocycles. The van der Waals surface area contributed by atoms with Gasteiger partial charge in [-0.2, -0.15) is 0 Å². The topological polar surface area (TPSA) is 43.1 Å². The summed E-state index contributed by atoms with van der Waals surface area (Å²) in [5, 5.41) is 0. The second-order valence-electron chi connectivity index (χ2n) is 3.05. The molecule has 0 aliphatic rings. The molecule has 0 aliphatic carbocycles. The molecular formula is C9H12FNOS. The Labute approximate surface area is 79.7 Å². The fourth-order valence-electron chi connectivity index (χ4n) is 1.10. The number of hydrogen-bond donors (Lipinski definition) is 1. The summed E-state index contributed by atoms with van der Waals surface area (Å²) >= 11 is -2.38. The van der Waals surface area contributed by atoms with E-state index in [4.69, 9.17) is 5.73 Å². The lowest BCUT2D eigenvalue weighted by Crippen LogP contribution is -2.17.